The van der Waals surface area contributed by atoms with Crippen LogP contribution in [0.3, 0.4) is 0 Å². The fourth-order valence-electron chi connectivity index (χ4n) is 2.58. The molecule has 1 N–H and O–H groups in total. The molecule has 1 aromatic heterocycles. The van der Waals surface area contributed by atoms with Crippen molar-refractivity contribution in [3.05, 3.63) is 11.7 Å². The number of rotatable bonds is 4. The first-order valence-electron chi connectivity index (χ1n) is 7.22. The number of hydrogen-bond acceptors (Lipinski definition) is 6. The van der Waals surface area contributed by atoms with E-state index in [2.05, 4.69) is 39.1 Å². The summed E-state index contributed by atoms with van der Waals surface area (Å²) in [5.41, 5.74) is 0. The summed E-state index contributed by atoms with van der Waals surface area (Å²) < 4.78 is 5.25. The molecule has 3 heterocycles. The van der Waals surface area contributed by atoms with Crippen molar-refractivity contribution in [1.29, 1.82) is 0 Å². The molecule has 0 saturated carbocycles. The normalized spacial score (nSPS) is 22.9. The molecule has 0 aromatic carbocycles. The Balaban J connectivity index is 1.48. The van der Waals surface area contributed by atoms with Crippen molar-refractivity contribution < 1.29 is 4.52 Å². The third-order valence-corrected chi connectivity index (χ3v) is 4.03. The molecule has 106 valence electrons. The van der Waals surface area contributed by atoms with E-state index in [0.29, 0.717) is 5.92 Å². The van der Waals surface area contributed by atoms with E-state index in [0.717, 1.165) is 63.6 Å². The van der Waals surface area contributed by atoms with Crippen LogP contribution in [0.4, 0.5) is 0 Å². The predicted molar refractivity (Wildman–Crippen MR) is 71.9 cm³/mol. The van der Waals surface area contributed by atoms with Crippen LogP contribution in [0.2, 0.25) is 0 Å². The molecule has 0 unspecified atom stereocenters. The Hall–Kier alpha value is -0.980. The van der Waals surface area contributed by atoms with Crippen molar-refractivity contribution >= 4 is 0 Å². The third-order valence-electron chi connectivity index (χ3n) is 4.03. The highest BCUT2D eigenvalue weighted by molar-refractivity contribution is 4.92. The monoisotopic (exact) mass is 265 g/mol. The summed E-state index contributed by atoms with van der Waals surface area (Å²) >= 11 is 0. The molecule has 0 aliphatic carbocycles. The topological polar surface area (TPSA) is 57.4 Å². The first-order valence-corrected chi connectivity index (χ1v) is 7.22. The van der Waals surface area contributed by atoms with Crippen LogP contribution in [-0.2, 0) is 6.54 Å². The molecule has 6 heteroatoms. The second kappa shape index (κ2) is 5.56. The lowest BCUT2D eigenvalue weighted by molar-refractivity contribution is 0.0681. The summed E-state index contributed by atoms with van der Waals surface area (Å²) in [6, 6.07) is 0.764. The Morgan fingerprint density at radius 2 is 2.00 bits per heavy atom. The quantitative estimate of drug-likeness (QED) is 0.844. The average molecular weight is 265 g/mol. The molecule has 2 fully saturated rings. The van der Waals surface area contributed by atoms with Gasteiger partial charge in [-0.25, -0.2) is 0 Å². The lowest BCUT2D eigenvalue weighted by Crippen LogP contribution is -2.61. The van der Waals surface area contributed by atoms with E-state index >= 15 is 0 Å². The van der Waals surface area contributed by atoms with E-state index in [4.69, 9.17) is 4.52 Å². The van der Waals surface area contributed by atoms with Crippen LogP contribution < -0.4 is 5.32 Å². The van der Waals surface area contributed by atoms with Crippen LogP contribution in [0.1, 0.15) is 31.5 Å². The van der Waals surface area contributed by atoms with Gasteiger partial charge in [-0.1, -0.05) is 19.0 Å². The van der Waals surface area contributed by atoms with Gasteiger partial charge in [0.25, 0.3) is 0 Å². The van der Waals surface area contributed by atoms with Crippen molar-refractivity contribution in [2.45, 2.75) is 32.4 Å². The van der Waals surface area contributed by atoms with Crippen LogP contribution in [0.15, 0.2) is 4.52 Å². The molecule has 0 bridgehead atoms. The maximum absolute atomic E-state index is 5.25. The van der Waals surface area contributed by atoms with E-state index < -0.39 is 0 Å². The molecule has 0 radical (unpaired) electrons. The Labute approximate surface area is 114 Å². The fourth-order valence-corrected chi connectivity index (χ4v) is 2.58. The van der Waals surface area contributed by atoms with Crippen molar-refractivity contribution in [2.24, 2.45) is 0 Å². The van der Waals surface area contributed by atoms with Crippen LogP contribution in [0.25, 0.3) is 0 Å². The van der Waals surface area contributed by atoms with Gasteiger partial charge in [0.15, 0.2) is 5.82 Å². The molecular weight excluding hydrogens is 242 g/mol. The van der Waals surface area contributed by atoms with E-state index in [1.54, 1.807) is 0 Å². The van der Waals surface area contributed by atoms with E-state index in [1.807, 2.05) is 0 Å². The molecule has 0 amide bonds. The maximum atomic E-state index is 5.25. The molecular formula is C13H23N5O. The Bertz CT molecular complexity index is 407. The minimum absolute atomic E-state index is 0.309. The highest BCUT2D eigenvalue weighted by atomic mass is 16.5. The third kappa shape index (κ3) is 2.96. The second-order valence-corrected chi connectivity index (χ2v) is 5.83. The zero-order valence-electron chi connectivity index (χ0n) is 11.8. The van der Waals surface area contributed by atoms with E-state index in [-0.39, 0.29) is 0 Å². The first-order chi connectivity index (χ1) is 9.22. The molecule has 6 nitrogen and oxygen atoms in total. The number of nitrogens with one attached hydrogen (secondary N) is 1. The smallest absolute Gasteiger partial charge is 0.229 e. The fraction of sp³-hybridized carbons (Fsp3) is 0.846. The summed E-state index contributed by atoms with van der Waals surface area (Å²) in [6.07, 6.45) is 0. The molecule has 0 atom stereocenters. The maximum Gasteiger partial charge on any atom is 0.229 e. The minimum Gasteiger partial charge on any atom is -0.339 e. The van der Waals surface area contributed by atoms with Gasteiger partial charge in [0.1, 0.15) is 0 Å². The van der Waals surface area contributed by atoms with Crippen molar-refractivity contribution in [3.8, 4) is 0 Å². The van der Waals surface area contributed by atoms with Gasteiger partial charge in [0.05, 0.1) is 6.54 Å². The first kappa shape index (κ1) is 13.0. The van der Waals surface area contributed by atoms with Crippen LogP contribution >= 0.6 is 0 Å². The highest BCUT2D eigenvalue weighted by Crippen LogP contribution is 2.14. The van der Waals surface area contributed by atoms with Gasteiger partial charge in [-0.3, -0.25) is 9.80 Å². The Morgan fingerprint density at radius 1 is 1.26 bits per heavy atom. The van der Waals surface area contributed by atoms with E-state index in [1.165, 1.54) is 0 Å². The molecule has 2 aliphatic heterocycles. The minimum atomic E-state index is 0.309. The highest BCUT2D eigenvalue weighted by Gasteiger charge is 2.28. The molecule has 1 aromatic rings. The number of aromatic nitrogens is 2. The molecule has 0 spiro atoms. The van der Waals surface area contributed by atoms with Crippen LogP contribution in [0, 0.1) is 0 Å². The number of piperazine rings is 1. The van der Waals surface area contributed by atoms with Crippen LogP contribution in [-0.4, -0.2) is 65.3 Å². The van der Waals surface area contributed by atoms with Gasteiger partial charge in [-0.15, -0.1) is 0 Å². The predicted octanol–water partition coefficient (Wildman–Crippen LogP) is 0.282. The standard InChI is InChI=1S/C13H23N5O/c1-10(2)13-15-12(16-19-13)9-17-3-5-18(6-4-17)11-7-14-8-11/h10-11,14H,3-9H2,1-2H3. The van der Waals surface area contributed by atoms with Crippen molar-refractivity contribution in [3.63, 3.8) is 0 Å². The van der Waals surface area contributed by atoms with Gasteiger partial charge in [0, 0.05) is 51.2 Å². The molecule has 3 rings (SSSR count). The second-order valence-electron chi connectivity index (χ2n) is 5.83. The van der Waals surface area contributed by atoms with Gasteiger partial charge in [0.2, 0.25) is 5.89 Å². The summed E-state index contributed by atoms with van der Waals surface area (Å²) in [6.45, 7) is 11.8. The van der Waals surface area contributed by atoms with Gasteiger partial charge >= 0.3 is 0 Å². The summed E-state index contributed by atoms with van der Waals surface area (Å²) in [5, 5.41) is 7.40. The summed E-state index contributed by atoms with van der Waals surface area (Å²) in [4.78, 5) is 9.44. The zero-order valence-corrected chi connectivity index (χ0v) is 11.8. The van der Waals surface area contributed by atoms with Crippen molar-refractivity contribution in [2.75, 3.05) is 39.3 Å². The lowest BCUT2D eigenvalue weighted by atomic mass is 10.1. The van der Waals surface area contributed by atoms with Gasteiger partial charge < -0.3 is 9.84 Å². The molecule has 2 saturated heterocycles. The van der Waals surface area contributed by atoms with Gasteiger partial charge in [-0.2, -0.15) is 4.98 Å². The lowest BCUT2D eigenvalue weighted by Gasteiger charge is -2.43. The average Bonchev–Trinajstić information content (AvgIpc) is 2.78. The number of hydrogen-bond donors (Lipinski definition) is 1. The largest absolute Gasteiger partial charge is 0.339 e. The molecule has 2 aliphatic rings. The number of nitrogens with zero attached hydrogens (tertiary/aromatic N) is 4. The Kier molecular flexibility index (Phi) is 3.81. The summed E-state index contributed by atoms with van der Waals surface area (Å²) in [7, 11) is 0. The SMILES string of the molecule is CC(C)c1nc(CN2CCN(C3CNC3)CC2)no1. The zero-order chi connectivity index (χ0) is 13.2. The van der Waals surface area contributed by atoms with Crippen molar-refractivity contribution in [1.82, 2.24) is 25.3 Å². The molecule has 19 heavy (non-hydrogen) atoms. The summed E-state index contributed by atoms with van der Waals surface area (Å²) in [5.74, 6) is 1.88. The van der Waals surface area contributed by atoms with Gasteiger partial charge in [-0.05, 0) is 0 Å². The Morgan fingerprint density at radius 3 is 2.53 bits per heavy atom. The van der Waals surface area contributed by atoms with Crippen LogP contribution in [0.5, 0.6) is 0 Å². The van der Waals surface area contributed by atoms with E-state index in [9.17, 15) is 0 Å².